The fraction of sp³-hybridized carbons (Fsp3) is 0.625. The van der Waals surface area contributed by atoms with Gasteiger partial charge in [-0.1, -0.05) is 25.5 Å². The third-order valence-corrected chi connectivity index (χ3v) is 1.30. The van der Waals surface area contributed by atoms with E-state index in [0.29, 0.717) is 6.42 Å². The van der Waals surface area contributed by atoms with E-state index in [1.54, 1.807) is 0 Å². The number of aliphatic carboxylic acids is 1. The Morgan fingerprint density at radius 1 is 1.40 bits per heavy atom. The Morgan fingerprint density at radius 2 is 2.00 bits per heavy atom. The zero-order chi connectivity index (χ0) is 7.98. The fourth-order valence-electron chi connectivity index (χ4n) is 0.762. The summed E-state index contributed by atoms with van der Waals surface area (Å²) in [5.41, 5.74) is 1.05. The highest BCUT2D eigenvalue weighted by Crippen LogP contribution is 2.08. The molecule has 0 aliphatic carbocycles. The van der Waals surface area contributed by atoms with Crippen molar-refractivity contribution in [3.63, 3.8) is 0 Å². The highest BCUT2D eigenvalue weighted by Gasteiger charge is 1.97. The molecule has 0 aromatic rings. The number of carboxylic acid groups (broad SMARTS) is 1. The van der Waals surface area contributed by atoms with Crippen molar-refractivity contribution in [3.05, 3.63) is 12.2 Å². The second-order valence-electron chi connectivity index (χ2n) is 2.39. The van der Waals surface area contributed by atoms with Gasteiger partial charge in [-0.05, 0) is 12.8 Å². The van der Waals surface area contributed by atoms with Gasteiger partial charge in [0.15, 0.2) is 0 Å². The Balaban J connectivity index is 3.30. The molecule has 0 rings (SSSR count). The Bertz CT molecular complexity index is 127. The summed E-state index contributed by atoms with van der Waals surface area (Å²) in [4.78, 5) is 10.1. The van der Waals surface area contributed by atoms with Gasteiger partial charge in [-0.3, -0.25) is 4.79 Å². The quantitative estimate of drug-likeness (QED) is 0.597. The second-order valence-corrected chi connectivity index (χ2v) is 2.39. The van der Waals surface area contributed by atoms with E-state index in [2.05, 4.69) is 13.5 Å². The minimum absolute atomic E-state index is 0.221. The molecule has 0 spiro atoms. The zero-order valence-electron chi connectivity index (χ0n) is 6.39. The molecule has 0 aliphatic heterocycles. The Labute approximate surface area is 61.6 Å². The third-order valence-electron chi connectivity index (χ3n) is 1.30. The summed E-state index contributed by atoms with van der Waals surface area (Å²) in [6, 6.07) is 0. The monoisotopic (exact) mass is 142 g/mol. The summed E-state index contributed by atoms with van der Waals surface area (Å²) < 4.78 is 0. The molecule has 0 aliphatic rings. The normalized spacial score (nSPS) is 9.30. The van der Waals surface area contributed by atoms with Crippen LogP contribution in [-0.4, -0.2) is 11.1 Å². The first kappa shape index (κ1) is 9.21. The molecule has 1 N–H and O–H groups in total. The van der Waals surface area contributed by atoms with Crippen molar-refractivity contribution in [2.45, 2.75) is 32.6 Å². The van der Waals surface area contributed by atoms with E-state index < -0.39 is 5.97 Å². The van der Waals surface area contributed by atoms with Gasteiger partial charge < -0.3 is 5.11 Å². The van der Waals surface area contributed by atoms with Crippen molar-refractivity contribution in [3.8, 4) is 0 Å². The minimum Gasteiger partial charge on any atom is -0.481 e. The van der Waals surface area contributed by atoms with E-state index >= 15 is 0 Å². The molecule has 0 aromatic carbocycles. The predicted octanol–water partition coefficient (Wildman–Crippen LogP) is 2.21. The van der Waals surface area contributed by atoms with E-state index in [4.69, 9.17) is 5.11 Å². The van der Waals surface area contributed by atoms with Crippen LogP contribution in [0.1, 0.15) is 32.6 Å². The molecule has 2 nitrogen and oxygen atoms in total. The Morgan fingerprint density at radius 3 is 2.40 bits per heavy atom. The first-order chi connectivity index (χ1) is 4.66. The summed E-state index contributed by atoms with van der Waals surface area (Å²) in [6.45, 7) is 5.81. The fourth-order valence-corrected chi connectivity index (χ4v) is 0.762. The third kappa shape index (κ3) is 5.35. The van der Waals surface area contributed by atoms with Crippen LogP contribution in [0.4, 0.5) is 0 Å². The largest absolute Gasteiger partial charge is 0.481 e. The molecule has 0 bridgehead atoms. The van der Waals surface area contributed by atoms with E-state index in [1.807, 2.05) is 0 Å². The second kappa shape index (κ2) is 5.03. The first-order valence-electron chi connectivity index (χ1n) is 3.55. The van der Waals surface area contributed by atoms with Gasteiger partial charge >= 0.3 is 5.97 Å². The molecule has 0 radical (unpaired) electrons. The molecule has 0 saturated carbocycles. The van der Waals surface area contributed by atoms with Gasteiger partial charge in [-0.15, -0.1) is 0 Å². The van der Waals surface area contributed by atoms with Crippen molar-refractivity contribution in [1.82, 2.24) is 0 Å². The molecule has 0 aromatic heterocycles. The van der Waals surface area contributed by atoms with Gasteiger partial charge in [0.05, 0.1) is 0 Å². The van der Waals surface area contributed by atoms with Crippen LogP contribution in [0.2, 0.25) is 0 Å². The molecule has 10 heavy (non-hydrogen) atoms. The van der Waals surface area contributed by atoms with Crippen molar-refractivity contribution >= 4 is 5.97 Å². The summed E-state index contributed by atoms with van der Waals surface area (Å²) in [5, 5.41) is 8.29. The predicted molar refractivity (Wildman–Crippen MR) is 40.9 cm³/mol. The smallest absolute Gasteiger partial charge is 0.303 e. The number of hydrogen-bond donors (Lipinski definition) is 1. The maximum Gasteiger partial charge on any atom is 0.303 e. The number of allylic oxidation sites excluding steroid dienone is 1. The number of carboxylic acids is 1. The molecule has 0 atom stereocenters. The lowest BCUT2D eigenvalue weighted by molar-refractivity contribution is -0.136. The summed E-state index contributed by atoms with van der Waals surface area (Å²) in [5.74, 6) is -0.739. The highest BCUT2D eigenvalue weighted by atomic mass is 16.4. The maximum absolute atomic E-state index is 10.1. The molecule has 58 valence electrons. The first-order valence-corrected chi connectivity index (χ1v) is 3.55. The van der Waals surface area contributed by atoms with Gasteiger partial charge in [-0.25, -0.2) is 0 Å². The molecule has 0 amide bonds. The van der Waals surface area contributed by atoms with Gasteiger partial charge in [-0.2, -0.15) is 0 Å². The van der Waals surface area contributed by atoms with Crippen molar-refractivity contribution in [2.24, 2.45) is 0 Å². The molecule has 0 fully saturated rings. The summed E-state index contributed by atoms with van der Waals surface area (Å²) >= 11 is 0. The zero-order valence-corrected chi connectivity index (χ0v) is 6.39. The number of carbonyl (C=O) groups is 1. The maximum atomic E-state index is 10.1. The van der Waals surface area contributed by atoms with E-state index in [1.165, 1.54) is 0 Å². The van der Waals surface area contributed by atoms with Crippen LogP contribution in [0, 0.1) is 0 Å². The molecule has 0 heterocycles. The minimum atomic E-state index is -0.739. The van der Waals surface area contributed by atoms with E-state index in [9.17, 15) is 4.79 Å². The number of hydrogen-bond acceptors (Lipinski definition) is 1. The molecule has 0 unspecified atom stereocenters. The lowest BCUT2D eigenvalue weighted by Crippen LogP contribution is -1.94. The van der Waals surface area contributed by atoms with Crippen molar-refractivity contribution in [1.29, 1.82) is 0 Å². The SMILES string of the molecule is C=C(CCC)CCC(=O)O. The summed E-state index contributed by atoms with van der Waals surface area (Å²) in [7, 11) is 0. The average molecular weight is 142 g/mol. The molecule has 2 heteroatoms. The molecular formula is C8H14O2. The van der Waals surface area contributed by atoms with Crippen LogP contribution in [0.25, 0.3) is 0 Å². The standard InChI is InChI=1S/C8H14O2/c1-3-4-7(2)5-6-8(9)10/h2-6H2,1H3,(H,9,10). The molecular weight excluding hydrogens is 128 g/mol. The Kier molecular flexibility index (Phi) is 4.63. The Hall–Kier alpha value is -0.790. The van der Waals surface area contributed by atoms with Crippen LogP contribution in [-0.2, 0) is 4.79 Å². The van der Waals surface area contributed by atoms with Gasteiger partial charge in [0, 0.05) is 6.42 Å². The highest BCUT2D eigenvalue weighted by molar-refractivity contribution is 5.66. The summed E-state index contributed by atoms with van der Waals surface area (Å²) in [6.07, 6.45) is 2.85. The van der Waals surface area contributed by atoms with Gasteiger partial charge in [0.1, 0.15) is 0 Å². The molecule has 0 saturated heterocycles. The van der Waals surface area contributed by atoms with E-state index in [0.717, 1.165) is 18.4 Å². The van der Waals surface area contributed by atoms with Crippen molar-refractivity contribution in [2.75, 3.05) is 0 Å². The van der Waals surface area contributed by atoms with E-state index in [-0.39, 0.29) is 6.42 Å². The average Bonchev–Trinajstić information content (AvgIpc) is 1.85. The number of rotatable bonds is 5. The van der Waals surface area contributed by atoms with Crippen LogP contribution < -0.4 is 0 Å². The van der Waals surface area contributed by atoms with Crippen LogP contribution in [0.5, 0.6) is 0 Å². The van der Waals surface area contributed by atoms with Crippen molar-refractivity contribution < 1.29 is 9.90 Å². The lowest BCUT2D eigenvalue weighted by atomic mass is 10.1. The van der Waals surface area contributed by atoms with Crippen LogP contribution >= 0.6 is 0 Å². The lowest BCUT2D eigenvalue weighted by Gasteiger charge is -1.99. The topological polar surface area (TPSA) is 37.3 Å². The van der Waals surface area contributed by atoms with Gasteiger partial charge in [0.2, 0.25) is 0 Å². The van der Waals surface area contributed by atoms with Crippen LogP contribution in [0.15, 0.2) is 12.2 Å². The van der Waals surface area contributed by atoms with Gasteiger partial charge in [0.25, 0.3) is 0 Å². The van der Waals surface area contributed by atoms with Crippen LogP contribution in [0.3, 0.4) is 0 Å².